The molecule has 0 heterocycles. The first-order valence-corrected chi connectivity index (χ1v) is 9.13. The zero-order chi connectivity index (χ0) is 19.9. The summed E-state index contributed by atoms with van der Waals surface area (Å²) in [6.07, 6.45) is 3.37. The van der Waals surface area contributed by atoms with Gasteiger partial charge in [-0.3, -0.25) is 10.2 Å². The van der Waals surface area contributed by atoms with E-state index in [9.17, 15) is 4.79 Å². The highest BCUT2D eigenvalue weighted by Gasteiger charge is 2.32. The topological polar surface area (TPSA) is 81.2 Å². The molecule has 0 bridgehead atoms. The van der Waals surface area contributed by atoms with E-state index < -0.39 is 0 Å². The number of ether oxygens (including phenoxy) is 3. The van der Waals surface area contributed by atoms with Crippen LogP contribution < -0.4 is 25.0 Å². The first kappa shape index (κ1) is 19.6. The SMILES string of the molecule is COc1cccc(NC(=S)N/N=C\c2ccc(OC(=O)C3CC3)c(OC)c2)c1. The van der Waals surface area contributed by atoms with E-state index in [0.717, 1.165) is 29.8 Å². The summed E-state index contributed by atoms with van der Waals surface area (Å²) in [6.45, 7) is 0. The maximum absolute atomic E-state index is 11.8. The van der Waals surface area contributed by atoms with E-state index in [2.05, 4.69) is 15.8 Å². The number of rotatable bonds is 7. The summed E-state index contributed by atoms with van der Waals surface area (Å²) in [5.74, 6) is 1.41. The third-order valence-electron chi connectivity index (χ3n) is 4.02. The number of hydrazone groups is 1. The molecule has 0 amide bonds. The molecule has 8 heteroatoms. The number of benzene rings is 2. The average molecular weight is 399 g/mol. The third kappa shape index (κ3) is 5.43. The molecule has 2 N–H and O–H groups in total. The fourth-order valence-electron chi connectivity index (χ4n) is 2.38. The molecule has 146 valence electrons. The van der Waals surface area contributed by atoms with Gasteiger partial charge >= 0.3 is 5.97 Å². The molecule has 28 heavy (non-hydrogen) atoms. The summed E-state index contributed by atoms with van der Waals surface area (Å²) in [4.78, 5) is 11.8. The Morgan fingerprint density at radius 2 is 1.96 bits per heavy atom. The summed E-state index contributed by atoms with van der Waals surface area (Å²) < 4.78 is 15.9. The first-order valence-electron chi connectivity index (χ1n) is 8.73. The third-order valence-corrected chi connectivity index (χ3v) is 4.21. The number of hydrogen-bond acceptors (Lipinski definition) is 6. The number of nitrogens with zero attached hydrogens (tertiary/aromatic N) is 1. The standard InChI is InChI=1S/C20H21N3O4S/c1-25-16-5-3-4-15(11-16)22-20(28)23-21-12-13-6-9-17(18(10-13)26-2)27-19(24)14-7-8-14/h3-6,9-12,14H,7-8H2,1-2H3,(H2,22,23,28)/b21-12-. The van der Waals surface area contributed by atoms with Gasteiger partial charge in [-0.2, -0.15) is 5.10 Å². The summed E-state index contributed by atoms with van der Waals surface area (Å²) in [5, 5.41) is 7.47. The van der Waals surface area contributed by atoms with Gasteiger partial charge in [0.25, 0.3) is 0 Å². The Hall–Kier alpha value is -3.13. The van der Waals surface area contributed by atoms with Crippen LogP contribution in [0.5, 0.6) is 17.2 Å². The van der Waals surface area contributed by atoms with Crippen LogP contribution in [-0.2, 0) is 4.79 Å². The molecule has 7 nitrogen and oxygen atoms in total. The number of hydrogen-bond donors (Lipinski definition) is 2. The average Bonchev–Trinajstić information content (AvgIpc) is 3.54. The van der Waals surface area contributed by atoms with Gasteiger partial charge in [0.2, 0.25) is 0 Å². The van der Waals surface area contributed by atoms with Gasteiger partial charge in [0, 0.05) is 11.8 Å². The highest BCUT2D eigenvalue weighted by molar-refractivity contribution is 7.80. The number of methoxy groups -OCH3 is 2. The van der Waals surface area contributed by atoms with Crippen molar-refractivity contribution >= 4 is 35.2 Å². The number of nitrogens with one attached hydrogen (secondary N) is 2. The quantitative estimate of drug-likeness (QED) is 0.243. The molecular formula is C20H21N3O4S. The lowest BCUT2D eigenvalue weighted by Crippen LogP contribution is -2.23. The van der Waals surface area contributed by atoms with Gasteiger partial charge < -0.3 is 19.5 Å². The molecule has 0 radical (unpaired) electrons. The monoisotopic (exact) mass is 399 g/mol. The van der Waals surface area contributed by atoms with Crippen LogP contribution in [-0.4, -0.2) is 31.5 Å². The van der Waals surface area contributed by atoms with Crippen LogP contribution in [0.25, 0.3) is 0 Å². The van der Waals surface area contributed by atoms with E-state index in [0.29, 0.717) is 16.6 Å². The Bertz CT molecular complexity index is 897. The van der Waals surface area contributed by atoms with Crippen molar-refractivity contribution < 1.29 is 19.0 Å². The molecule has 3 rings (SSSR count). The van der Waals surface area contributed by atoms with Crippen LogP contribution in [0.3, 0.4) is 0 Å². The predicted molar refractivity (Wildman–Crippen MR) is 111 cm³/mol. The van der Waals surface area contributed by atoms with E-state index in [1.54, 1.807) is 31.5 Å². The van der Waals surface area contributed by atoms with E-state index in [-0.39, 0.29) is 11.9 Å². The predicted octanol–water partition coefficient (Wildman–Crippen LogP) is 3.34. The van der Waals surface area contributed by atoms with Crippen LogP contribution in [0.15, 0.2) is 47.6 Å². The lowest BCUT2D eigenvalue weighted by Gasteiger charge is -2.10. The summed E-state index contributed by atoms with van der Waals surface area (Å²) in [6, 6.07) is 12.6. The minimum Gasteiger partial charge on any atom is -0.497 e. The molecule has 0 unspecified atom stereocenters. The second-order valence-corrected chi connectivity index (χ2v) is 6.57. The Balaban J connectivity index is 1.57. The zero-order valence-electron chi connectivity index (χ0n) is 15.6. The van der Waals surface area contributed by atoms with E-state index >= 15 is 0 Å². The van der Waals surface area contributed by atoms with Crippen LogP contribution in [0.4, 0.5) is 5.69 Å². The van der Waals surface area contributed by atoms with Gasteiger partial charge in [0.15, 0.2) is 16.6 Å². The zero-order valence-corrected chi connectivity index (χ0v) is 16.4. The molecule has 0 saturated heterocycles. The number of carbonyl (C=O) groups is 1. The van der Waals surface area contributed by atoms with Gasteiger partial charge in [-0.15, -0.1) is 0 Å². The van der Waals surface area contributed by atoms with Gasteiger partial charge in [0.1, 0.15) is 5.75 Å². The largest absolute Gasteiger partial charge is 0.497 e. The molecule has 1 fully saturated rings. The van der Waals surface area contributed by atoms with E-state index in [1.807, 2.05) is 24.3 Å². The Kier molecular flexibility index (Phi) is 6.44. The number of carbonyl (C=O) groups excluding carboxylic acids is 1. The Morgan fingerprint density at radius 3 is 2.68 bits per heavy atom. The Morgan fingerprint density at radius 1 is 1.14 bits per heavy atom. The smallest absolute Gasteiger partial charge is 0.314 e. The summed E-state index contributed by atoms with van der Waals surface area (Å²) >= 11 is 5.22. The maximum atomic E-state index is 11.8. The van der Waals surface area contributed by atoms with Crippen molar-refractivity contribution in [1.29, 1.82) is 0 Å². The second kappa shape index (κ2) is 9.18. The molecule has 0 spiro atoms. The highest BCUT2D eigenvalue weighted by Crippen LogP contribution is 2.34. The van der Waals surface area contributed by atoms with Crippen molar-refractivity contribution in [3.05, 3.63) is 48.0 Å². The van der Waals surface area contributed by atoms with Gasteiger partial charge in [0.05, 0.1) is 26.4 Å². The maximum Gasteiger partial charge on any atom is 0.314 e. The molecule has 0 aliphatic heterocycles. The highest BCUT2D eigenvalue weighted by atomic mass is 32.1. The van der Waals surface area contributed by atoms with Crippen molar-refractivity contribution in [3.63, 3.8) is 0 Å². The number of anilines is 1. The Labute approximate surface area is 168 Å². The summed E-state index contributed by atoms with van der Waals surface area (Å²) in [5.41, 5.74) is 4.30. The minimum atomic E-state index is -0.213. The lowest BCUT2D eigenvalue weighted by atomic mass is 10.2. The van der Waals surface area contributed by atoms with Crippen molar-refractivity contribution in [2.24, 2.45) is 11.0 Å². The molecular weight excluding hydrogens is 378 g/mol. The fourth-order valence-corrected chi connectivity index (χ4v) is 2.56. The van der Waals surface area contributed by atoms with Crippen LogP contribution in [0.2, 0.25) is 0 Å². The molecule has 2 aromatic carbocycles. The van der Waals surface area contributed by atoms with Crippen LogP contribution in [0, 0.1) is 5.92 Å². The molecule has 0 aromatic heterocycles. The van der Waals surface area contributed by atoms with Crippen molar-refractivity contribution in [1.82, 2.24) is 5.43 Å². The minimum absolute atomic E-state index is 0.0215. The van der Waals surface area contributed by atoms with Gasteiger partial charge in [-0.05, 0) is 61.0 Å². The fraction of sp³-hybridized carbons (Fsp3) is 0.250. The van der Waals surface area contributed by atoms with Crippen molar-refractivity contribution in [2.45, 2.75) is 12.8 Å². The lowest BCUT2D eigenvalue weighted by molar-refractivity contribution is -0.135. The molecule has 0 atom stereocenters. The molecule has 1 aliphatic carbocycles. The normalized spacial score (nSPS) is 13.1. The number of thiocarbonyl (C=S) groups is 1. The summed E-state index contributed by atoms with van der Waals surface area (Å²) in [7, 11) is 3.13. The van der Waals surface area contributed by atoms with Gasteiger partial charge in [-0.25, -0.2) is 0 Å². The second-order valence-electron chi connectivity index (χ2n) is 6.16. The van der Waals surface area contributed by atoms with Crippen LogP contribution >= 0.6 is 12.2 Å². The van der Waals surface area contributed by atoms with Crippen molar-refractivity contribution in [2.75, 3.05) is 19.5 Å². The molecule has 1 saturated carbocycles. The van der Waals surface area contributed by atoms with Crippen molar-refractivity contribution in [3.8, 4) is 17.2 Å². The van der Waals surface area contributed by atoms with Crippen LogP contribution in [0.1, 0.15) is 18.4 Å². The number of esters is 1. The first-order chi connectivity index (χ1) is 13.6. The van der Waals surface area contributed by atoms with E-state index in [4.69, 9.17) is 26.4 Å². The molecule has 2 aromatic rings. The molecule has 1 aliphatic rings. The van der Waals surface area contributed by atoms with E-state index in [1.165, 1.54) is 7.11 Å². The van der Waals surface area contributed by atoms with Gasteiger partial charge in [-0.1, -0.05) is 6.07 Å².